The van der Waals surface area contributed by atoms with Crippen LogP contribution >= 0.6 is 0 Å². The van der Waals surface area contributed by atoms with Crippen molar-refractivity contribution in [2.45, 2.75) is 25.7 Å². The van der Waals surface area contributed by atoms with E-state index in [0.29, 0.717) is 5.75 Å². The second-order valence-corrected chi connectivity index (χ2v) is 6.70. The minimum absolute atomic E-state index is 0.0476. The molecule has 28 heavy (non-hydrogen) atoms. The van der Waals surface area contributed by atoms with E-state index in [1.807, 2.05) is 49.4 Å². The molecule has 0 aliphatic rings. The molecular weight excluding hydrogens is 358 g/mol. The van der Waals surface area contributed by atoms with Gasteiger partial charge >= 0.3 is 5.97 Å². The van der Waals surface area contributed by atoms with Gasteiger partial charge < -0.3 is 19.9 Å². The van der Waals surface area contributed by atoms with Crippen LogP contribution in [0.4, 0.5) is 0 Å². The Bertz CT molecular complexity index is 805. The first-order valence-electron chi connectivity index (χ1n) is 9.20. The lowest BCUT2D eigenvalue weighted by Crippen LogP contribution is -2.34. The van der Waals surface area contributed by atoms with Crippen LogP contribution in [0.1, 0.15) is 30.4 Å². The molecule has 0 saturated heterocycles. The summed E-state index contributed by atoms with van der Waals surface area (Å²) in [6, 6.07) is 14.9. The highest BCUT2D eigenvalue weighted by Gasteiger charge is 2.22. The Kier molecular flexibility index (Phi) is 7.87. The minimum Gasteiger partial charge on any atom is -0.496 e. The van der Waals surface area contributed by atoms with Crippen LogP contribution in [-0.2, 0) is 16.0 Å². The third kappa shape index (κ3) is 5.74. The Balaban J connectivity index is 1.96. The molecule has 0 aliphatic heterocycles. The number of carbonyl (C=O) groups excluding carboxylic acids is 1. The first-order chi connectivity index (χ1) is 13.5. The third-order valence-corrected chi connectivity index (χ3v) is 4.72. The lowest BCUT2D eigenvalue weighted by atomic mass is 9.95. The first kappa shape index (κ1) is 21.3. The van der Waals surface area contributed by atoms with Gasteiger partial charge in [0, 0.05) is 13.0 Å². The normalized spacial score (nSPS) is 12.7. The molecule has 6 heteroatoms. The van der Waals surface area contributed by atoms with Crippen molar-refractivity contribution in [2.75, 3.05) is 20.8 Å². The summed E-state index contributed by atoms with van der Waals surface area (Å²) in [6.07, 6.45) is 0.531. The van der Waals surface area contributed by atoms with Gasteiger partial charge in [0.15, 0.2) is 0 Å². The van der Waals surface area contributed by atoms with Crippen LogP contribution in [-0.4, -0.2) is 37.7 Å². The summed E-state index contributed by atoms with van der Waals surface area (Å²) in [4.78, 5) is 24.0. The van der Waals surface area contributed by atoms with Crippen LogP contribution in [0.5, 0.6) is 11.5 Å². The van der Waals surface area contributed by atoms with Gasteiger partial charge in [-0.15, -0.1) is 0 Å². The summed E-state index contributed by atoms with van der Waals surface area (Å²) in [5.41, 5.74) is 1.75. The Hall–Kier alpha value is -3.02. The summed E-state index contributed by atoms with van der Waals surface area (Å²) in [7, 11) is 3.15. The van der Waals surface area contributed by atoms with Crippen LogP contribution in [0.3, 0.4) is 0 Å². The number of nitrogens with one attached hydrogen (secondary N) is 1. The molecule has 2 unspecified atom stereocenters. The number of hydrogen-bond donors (Lipinski definition) is 2. The van der Waals surface area contributed by atoms with E-state index in [1.54, 1.807) is 20.3 Å². The standard InChI is InChI=1S/C22H27NO5/c1-15(18-9-5-7-11-20(18)28-3)12-21(24)23-14-17(22(25)26)13-16-8-4-6-10-19(16)27-2/h4-11,15,17H,12-14H2,1-3H3,(H,23,24)(H,25,26). The van der Waals surface area contributed by atoms with E-state index in [2.05, 4.69) is 5.32 Å². The zero-order valence-corrected chi connectivity index (χ0v) is 16.5. The first-order valence-corrected chi connectivity index (χ1v) is 9.20. The number of benzene rings is 2. The fraction of sp³-hybridized carbons (Fsp3) is 0.364. The fourth-order valence-electron chi connectivity index (χ4n) is 3.15. The highest BCUT2D eigenvalue weighted by atomic mass is 16.5. The molecule has 0 fully saturated rings. The van der Waals surface area contributed by atoms with E-state index in [4.69, 9.17) is 9.47 Å². The van der Waals surface area contributed by atoms with Crippen molar-refractivity contribution in [1.29, 1.82) is 0 Å². The molecule has 2 aromatic carbocycles. The van der Waals surface area contributed by atoms with Crippen LogP contribution in [0.2, 0.25) is 0 Å². The van der Waals surface area contributed by atoms with Gasteiger partial charge in [0.2, 0.25) is 5.91 Å². The maximum absolute atomic E-state index is 12.4. The van der Waals surface area contributed by atoms with Gasteiger partial charge in [0.25, 0.3) is 0 Å². The number of carbonyl (C=O) groups is 2. The average Bonchev–Trinajstić information content (AvgIpc) is 2.70. The predicted octanol–water partition coefficient (Wildman–Crippen LogP) is 3.26. The number of ether oxygens (including phenoxy) is 2. The number of carboxylic acid groups (broad SMARTS) is 1. The number of carboxylic acids is 1. The molecule has 0 radical (unpaired) electrons. The van der Waals surface area contributed by atoms with Crippen molar-refractivity contribution in [2.24, 2.45) is 5.92 Å². The SMILES string of the molecule is COc1ccccc1CC(CNC(=O)CC(C)c1ccccc1OC)C(=O)O. The molecule has 0 aromatic heterocycles. The van der Waals surface area contributed by atoms with Crippen LogP contribution in [0.15, 0.2) is 48.5 Å². The Morgan fingerprint density at radius 3 is 2.25 bits per heavy atom. The molecule has 0 bridgehead atoms. The minimum atomic E-state index is -0.955. The summed E-state index contributed by atoms with van der Waals surface area (Å²) < 4.78 is 10.6. The molecule has 0 spiro atoms. The highest BCUT2D eigenvalue weighted by Crippen LogP contribution is 2.28. The Morgan fingerprint density at radius 1 is 1.00 bits per heavy atom. The maximum atomic E-state index is 12.4. The van der Waals surface area contributed by atoms with E-state index in [0.717, 1.165) is 16.9 Å². The predicted molar refractivity (Wildman–Crippen MR) is 107 cm³/mol. The summed E-state index contributed by atoms with van der Waals surface area (Å²) in [5.74, 6) is -0.545. The second kappa shape index (κ2) is 10.3. The zero-order valence-electron chi connectivity index (χ0n) is 16.5. The van der Waals surface area contributed by atoms with Gasteiger partial charge in [-0.25, -0.2) is 0 Å². The van der Waals surface area contributed by atoms with Crippen LogP contribution in [0, 0.1) is 5.92 Å². The van der Waals surface area contributed by atoms with E-state index < -0.39 is 11.9 Å². The van der Waals surface area contributed by atoms with Crippen molar-refractivity contribution in [3.8, 4) is 11.5 Å². The van der Waals surface area contributed by atoms with Crippen molar-refractivity contribution in [3.63, 3.8) is 0 Å². The maximum Gasteiger partial charge on any atom is 0.308 e. The second-order valence-electron chi connectivity index (χ2n) is 6.70. The molecular formula is C22H27NO5. The Labute approximate surface area is 165 Å². The number of amides is 1. The smallest absolute Gasteiger partial charge is 0.308 e. The van der Waals surface area contributed by atoms with Crippen molar-refractivity contribution >= 4 is 11.9 Å². The topological polar surface area (TPSA) is 84.9 Å². The molecule has 2 atom stereocenters. The molecule has 1 amide bonds. The quantitative estimate of drug-likeness (QED) is 0.656. The van der Waals surface area contributed by atoms with Gasteiger partial charge in [-0.2, -0.15) is 0 Å². The number of methoxy groups -OCH3 is 2. The molecule has 150 valence electrons. The van der Waals surface area contributed by atoms with E-state index in [-0.39, 0.29) is 31.2 Å². The van der Waals surface area contributed by atoms with Gasteiger partial charge in [-0.3, -0.25) is 9.59 Å². The number of para-hydroxylation sites is 2. The fourth-order valence-corrected chi connectivity index (χ4v) is 3.15. The third-order valence-electron chi connectivity index (χ3n) is 4.72. The molecule has 0 heterocycles. The van der Waals surface area contributed by atoms with Gasteiger partial charge in [0.05, 0.1) is 20.1 Å². The number of hydrogen-bond acceptors (Lipinski definition) is 4. The molecule has 0 aliphatic carbocycles. The number of aliphatic carboxylic acids is 1. The van der Waals surface area contributed by atoms with Gasteiger partial charge in [-0.1, -0.05) is 43.3 Å². The van der Waals surface area contributed by atoms with Gasteiger partial charge in [0.1, 0.15) is 11.5 Å². The molecule has 2 N–H and O–H groups in total. The van der Waals surface area contributed by atoms with Crippen LogP contribution in [0.25, 0.3) is 0 Å². The van der Waals surface area contributed by atoms with Crippen molar-refractivity contribution in [3.05, 3.63) is 59.7 Å². The molecule has 2 rings (SSSR count). The van der Waals surface area contributed by atoms with Crippen molar-refractivity contribution < 1.29 is 24.2 Å². The molecule has 2 aromatic rings. The van der Waals surface area contributed by atoms with E-state index in [1.165, 1.54) is 0 Å². The van der Waals surface area contributed by atoms with E-state index >= 15 is 0 Å². The van der Waals surface area contributed by atoms with Crippen LogP contribution < -0.4 is 14.8 Å². The molecule has 0 saturated carbocycles. The van der Waals surface area contributed by atoms with Crippen molar-refractivity contribution in [1.82, 2.24) is 5.32 Å². The molecule has 6 nitrogen and oxygen atoms in total. The summed E-state index contributed by atoms with van der Waals surface area (Å²) in [6.45, 7) is 2.01. The Morgan fingerprint density at radius 2 is 1.61 bits per heavy atom. The zero-order chi connectivity index (χ0) is 20.5. The van der Waals surface area contributed by atoms with Gasteiger partial charge in [-0.05, 0) is 35.6 Å². The highest BCUT2D eigenvalue weighted by molar-refractivity contribution is 5.78. The van der Waals surface area contributed by atoms with E-state index in [9.17, 15) is 14.7 Å². The number of rotatable bonds is 10. The lowest BCUT2D eigenvalue weighted by Gasteiger charge is -2.18. The summed E-state index contributed by atoms with van der Waals surface area (Å²) in [5, 5.41) is 12.3. The summed E-state index contributed by atoms with van der Waals surface area (Å²) >= 11 is 0. The largest absolute Gasteiger partial charge is 0.496 e. The lowest BCUT2D eigenvalue weighted by molar-refractivity contribution is -0.141. The average molecular weight is 385 g/mol. The monoisotopic (exact) mass is 385 g/mol.